The molecule has 5 nitrogen and oxygen atoms in total. The summed E-state index contributed by atoms with van der Waals surface area (Å²) in [4.78, 5) is 23.3. The molecule has 2 amide bonds. The average Bonchev–Trinajstić information content (AvgIpc) is 2.31. The first kappa shape index (κ1) is 18.9. The smallest absolute Gasteiger partial charge is 0.242 e. The lowest BCUT2D eigenvalue weighted by molar-refractivity contribution is -0.129. The highest BCUT2D eigenvalue weighted by Gasteiger charge is 2.32. The molecule has 20 heavy (non-hydrogen) atoms. The van der Waals surface area contributed by atoms with Gasteiger partial charge in [-0.15, -0.1) is 0 Å². The van der Waals surface area contributed by atoms with Crippen molar-refractivity contribution < 1.29 is 14.7 Å². The van der Waals surface area contributed by atoms with Crippen LogP contribution in [0.1, 0.15) is 48.5 Å². The fourth-order valence-corrected chi connectivity index (χ4v) is 2.19. The number of amides is 2. The molecule has 0 saturated heterocycles. The first-order valence-corrected chi connectivity index (χ1v) is 7.22. The largest absolute Gasteiger partial charge is 0.392 e. The minimum absolute atomic E-state index is 0.0111. The normalized spacial score (nSPS) is 15.1. The van der Waals surface area contributed by atoms with Crippen LogP contribution in [-0.4, -0.2) is 35.6 Å². The number of nitrogens with one attached hydrogen (secondary N) is 2. The molecule has 2 atom stereocenters. The van der Waals surface area contributed by atoms with Crippen molar-refractivity contribution in [1.82, 2.24) is 10.6 Å². The molecule has 0 radical (unpaired) electrons. The summed E-state index contributed by atoms with van der Waals surface area (Å²) in [6.07, 6.45) is -0.499. The van der Waals surface area contributed by atoms with Crippen LogP contribution in [0.5, 0.6) is 0 Å². The fourth-order valence-electron chi connectivity index (χ4n) is 2.19. The van der Waals surface area contributed by atoms with Gasteiger partial charge in [-0.05, 0) is 11.8 Å². The molecule has 0 aromatic rings. The van der Waals surface area contributed by atoms with Gasteiger partial charge in [-0.3, -0.25) is 9.59 Å². The molecule has 2 unspecified atom stereocenters. The van der Waals surface area contributed by atoms with Crippen LogP contribution in [-0.2, 0) is 9.59 Å². The number of hydrogen-bond donors (Lipinski definition) is 3. The minimum Gasteiger partial charge on any atom is -0.392 e. The third-order valence-electron chi connectivity index (χ3n) is 3.46. The van der Waals surface area contributed by atoms with Gasteiger partial charge in [0.2, 0.25) is 11.8 Å². The Morgan fingerprint density at radius 2 is 1.60 bits per heavy atom. The molecule has 0 aromatic carbocycles. The number of hydrogen-bond acceptors (Lipinski definition) is 3. The molecule has 0 aliphatic heterocycles. The summed E-state index contributed by atoms with van der Waals surface area (Å²) < 4.78 is 0. The molecule has 0 aliphatic rings. The lowest BCUT2D eigenvalue weighted by atomic mass is 9.80. The van der Waals surface area contributed by atoms with Crippen LogP contribution in [0.15, 0.2) is 0 Å². The quantitative estimate of drug-likeness (QED) is 0.660. The molecule has 118 valence electrons. The third kappa shape index (κ3) is 5.90. The van der Waals surface area contributed by atoms with Crippen LogP contribution < -0.4 is 10.6 Å². The predicted octanol–water partition coefficient (Wildman–Crippen LogP) is 1.31. The highest BCUT2D eigenvalue weighted by Crippen LogP contribution is 2.25. The van der Waals surface area contributed by atoms with Crippen LogP contribution in [0, 0.1) is 17.3 Å². The zero-order chi connectivity index (χ0) is 16.1. The topological polar surface area (TPSA) is 78.4 Å². The molecule has 0 bridgehead atoms. The maximum atomic E-state index is 12.2. The van der Waals surface area contributed by atoms with Crippen LogP contribution in [0.25, 0.3) is 0 Å². The lowest BCUT2D eigenvalue weighted by Gasteiger charge is -2.34. The molecule has 0 rings (SSSR count). The maximum absolute atomic E-state index is 12.2. The van der Waals surface area contributed by atoms with E-state index in [1.807, 2.05) is 41.5 Å². The van der Waals surface area contributed by atoms with Crippen LogP contribution >= 0.6 is 0 Å². The molecular formula is C15H30N2O3. The number of rotatable bonds is 7. The van der Waals surface area contributed by atoms with Crippen molar-refractivity contribution in [3.63, 3.8) is 0 Å². The summed E-state index contributed by atoms with van der Waals surface area (Å²) in [6, 6.07) is -0.542. The Bertz CT molecular complexity index is 338. The van der Waals surface area contributed by atoms with E-state index in [4.69, 9.17) is 0 Å². The van der Waals surface area contributed by atoms with Crippen molar-refractivity contribution >= 4 is 11.8 Å². The van der Waals surface area contributed by atoms with Gasteiger partial charge in [0.1, 0.15) is 6.04 Å². The van der Waals surface area contributed by atoms with Crippen molar-refractivity contribution in [2.75, 3.05) is 6.54 Å². The second-order valence-corrected chi connectivity index (χ2v) is 6.82. The van der Waals surface area contributed by atoms with E-state index in [2.05, 4.69) is 10.6 Å². The molecular weight excluding hydrogens is 256 g/mol. The Kier molecular flexibility index (Phi) is 7.20. The Balaban J connectivity index is 4.62. The molecule has 0 heterocycles. The SMILES string of the molecule is CC(=O)NC(C(=O)NCC(C)(C)C(O)C(C)C)C(C)C. The lowest BCUT2D eigenvalue weighted by Crippen LogP contribution is -2.52. The van der Waals surface area contributed by atoms with Crippen LogP contribution in [0.4, 0.5) is 0 Å². The Morgan fingerprint density at radius 1 is 1.10 bits per heavy atom. The van der Waals surface area contributed by atoms with E-state index < -0.39 is 17.6 Å². The zero-order valence-corrected chi connectivity index (χ0v) is 13.8. The molecule has 0 fully saturated rings. The number of carbonyl (C=O) groups is 2. The second-order valence-electron chi connectivity index (χ2n) is 6.82. The van der Waals surface area contributed by atoms with E-state index in [0.717, 1.165) is 0 Å². The fraction of sp³-hybridized carbons (Fsp3) is 0.867. The highest BCUT2D eigenvalue weighted by atomic mass is 16.3. The highest BCUT2D eigenvalue weighted by molar-refractivity contribution is 5.87. The van der Waals surface area contributed by atoms with Gasteiger partial charge >= 0.3 is 0 Å². The van der Waals surface area contributed by atoms with E-state index in [1.54, 1.807) is 0 Å². The van der Waals surface area contributed by atoms with Gasteiger partial charge in [-0.25, -0.2) is 0 Å². The predicted molar refractivity (Wildman–Crippen MR) is 80.1 cm³/mol. The van der Waals surface area contributed by atoms with Crippen molar-refractivity contribution in [3.8, 4) is 0 Å². The molecule has 0 spiro atoms. The van der Waals surface area contributed by atoms with E-state index in [1.165, 1.54) is 6.92 Å². The number of aliphatic hydroxyl groups excluding tert-OH is 1. The van der Waals surface area contributed by atoms with Crippen molar-refractivity contribution in [1.29, 1.82) is 0 Å². The summed E-state index contributed by atoms with van der Waals surface area (Å²) in [5, 5.41) is 15.6. The summed E-state index contributed by atoms with van der Waals surface area (Å²) in [5.41, 5.74) is -0.415. The van der Waals surface area contributed by atoms with Gasteiger partial charge in [0.05, 0.1) is 6.10 Å². The number of carbonyl (C=O) groups excluding carboxylic acids is 2. The second kappa shape index (κ2) is 7.62. The standard InChI is InChI=1S/C15H30N2O3/c1-9(2)12(17-11(5)18)14(20)16-8-15(6,7)13(19)10(3)4/h9-10,12-13,19H,8H2,1-7H3,(H,16,20)(H,17,18). The summed E-state index contributed by atoms with van der Waals surface area (Å²) in [7, 11) is 0. The summed E-state index contributed by atoms with van der Waals surface area (Å²) in [5.74, 6) is -0.297. The monoisotopic (exact) mass is 286 g/mol. The Labute approximate surface area is 122 Å². The van der Waals surface area contributed by atoms with Crippen molar-refractivity contribution in [3.05, 3.63) is 0 Å². The van der Waals surface area contributed by atoms with Gasteiger partial charge in [-0.2, -0.15) is 0 Å². The Hall–Kier alpha value is -1.10. The molecule has 3 N–H and O–H groups in total. The van der Waals surface area contributed by atoms with E-state index in [9.17, 15) is 14.7 Å². The van der Waals surface area contributed by atoms with E-state index in [-0.39, 0.29) is 23.7 Å². The van der Waals surface area contributed by atoms with Gasteiger partial charge in [-0.1, -0.05) is 41.5 Å². The molecule has 5 heteroatoms. The summed E-state index contributed by atoms with van der Waals surface area (Å²) >= 11 is 0. The van der Waals surface area contributed by atoms with Crippen molar-refractivity contribution in [2.45, 2.75) is 60.6 Å². The first-order chi connectivity index (χ1) is 8.99. The molecule has 0 aromatic heterocycles. The maximum Gasteiger partial charge on any atom is 0.242 e. The van der Waals surface area contributed by atoms with E-state index >= 15 is 0 Å². The minimum atomic E-state index is -0.542. The van der Waals surface area contributed by atoms with Gasteiger partial charge in [0.15, 0.2) is 0 Å². The average molecular weight is 286 g/mol. The van der Waals surface area contributed by atoms with Crippen molar-refractivity contribution in [2.24, 2.45) is 17.3 Å². The number of aliphatic hydroxyl groups is 1. The molecule has 0 saturated carbocycles. The zero-order valence-electron chi connectivity index (χ0n) is 13.8. The van der Waals surface area contributed by atoms with Gasteiger partial charge in [0.25, 0.3) is 0 Å². The van der Waals surface area contributed by atoms with Crippen LogP contribution in [0.2, 0.25) is 0 Å². The summed E-state index contributed by atoms with van der Waals surface area (Å²) in [6.45, 7) is 13.3. The van der Waals surface area contributed by atoms with E-state index in [0.29, 0.717) is 6.54 Å². The van der Waals surface area contributed by atoms with Crippen LogP contribution in [0.3, 0.4) is 0 Å². The molecule has 0 aliphatic carbocycles. The third-order valence-corrected chi connectivity index (χ3v) is 3.46. The Morgan fingerprint density at radius 3 is 1.95 bits per heavy atom. The first-order valence-electron chi connectivity index (χ1n) is 7.22. The van der Waals surface area contributed by atoms with Gasteiger partial charge in [0, 0.05) is 18.9 Å². The van der Waals surface area contributed by atoms with Gasteiger partial charge < -0.3 is 15.7 Å².